The summed E-state index contributed by atoms with van der Waals surface area (Å²) in [5, 5.41) is 4.53. The van der Waals surface area contributed by atoms with Crippen molar-refractivity contribution in [2.75, 3.05) is 25.9 Å². The van der Waals surface area contributed by atoms with Gasteiger partial charge in [-0.15, -0.1) is 0 Å². The van der Waals surface area contributed by atoms with Crippen LogP contribution in [0, 0.1) is 5.92 Å². The van der Waals surface area contributed by atoms with Crippen molar-refractivity contribution in [1.29, 1.82) is 0 Å². The molecule has 1 aliphatic heterocycles. The van der Waals surface area contributed by atoms with Crippen molar-refractivity contribution in [1.82, 2.24) is 10.2 Å². The van der Waals surface area contributed by atoms with Crippen LogP contribution in [0.1, 0.15) is 39.5 Å². The van der Waals surface area contributed by atoms with Crippen LogP contribution in [-0.4, -0.2) is 48.1 Å². The maximum absolute atomic E-state index is 3.61. The zero-order valence-electron chi connectivity index (χ0n) is 11.6. The Hall–Kier alpha value is 0.270. The Morgan fingerprint density at radius 1 is 1.18 bits per heavy atom. The predicted octanol–water partition coefficient (Wildman–Crippen LogP) is 2.59. The van der Waals surface area contributed by atoms with E-state index < -0.39 is 0 Å². The third kappa shape index (κ3) is 3.62. The van der Waals surface area contributed by atoms with E-state index in [4.69, 9.17) is 0 Å². The topological polar surface area (TPSA) is 15.3 Å². The number of nitrogens with one attached hydrogen (secondary N) is 1. The molecule has 0 aromatic carbocycles. The van der Waals surface area contributed by atoms with E-state index in [2.05, 4.69) is 42.1 Å². The van der Waals surface area contributed by atoms with Crippen molar-refractivity contribution in [3.05, 3.63) is 0 Å². The lowest BCUT2D eigenvalue weighted by atomic mass is 9.77. The fourth-order valence-corrected chi connectivity index (χ4v) is 3.78. The van der Waals surface area contributed by atoms with Gasteiger partial charge in [0.1, 0.15) is 0 Å². The Bertz CT molecular complexity index is 224. The number of piperidine rings is 1. The molecule has 0 aromatic heterocycles. The largest absolute Gasteiger partial charge is 0.314 e. The maximum atomic E-state index is 3.61. The van der Waals surface area contributed by atoms with Gasteiger partial charge < -0.3 is 5.32 Å². The number of nitrogens with zero attached hydrogens (tertiary/aromatic N) is 1. The highest BCUT2D eigenvalue weighted by atomic mass is 32.2. The van der Waals surface area contributed by atoms with Crippen LogP contribution in [0.5, 0.6) is 0 Å². The van der Waals surface area contributed by atoms with Gasteiger partial charge in [0, 0.05) is 17.3 Å². The molecule has 2 rings (SSSR count). The van der Waals surface area contributed by atoms with Crippen LogP contribution in [0.3, 0.4) is 0 Å². The summed E-state index contributed by atoms with van der Waals surface area (Å²) in [6.45, 7) is 8.41. The lowest BCUT2D eigenvalue weighted by molar-refractivity contribution is 0.0474. The molecule has 0 spiro atoms. The first kappa shape index (κ1) is 13.7. The molecule has 1 saturated carbocycles. The third-order valence-electron chi connectivity index (χ3n) is 4.44. The molecule has 0 amide bonds. The smallest absolute Gasteiger partial charge is 0.0136 e. The molecule has 2 fully saturated rings. The molecule has 0 radical (unpaired) electrons. The van der Waals surface area contributed by atoms with Crippen molar-refractivity contribution in [2.24, 2.45) is 5.92 Å². The van der Waals surface area contributed by atoms with Crippen LogP contribution in [0.25, 0.3) is 0 Å². The van der Waals surface area contributed by atoms with Gasteiger partial charge >= 0.3 is 0 Å². The number of hydrogen-bond donors (Lipinski definition) is 1. The van der Waals surface area contributed by atoms with Gasteiger partial charge in [0.05, 0.1) is 0 Å². The average molecular weight is 256 g/mol. The van der Waals surface area contributed by atoms with E-state index in [1.54, 1.807) is 0 Å². The zero-order valence-corrected chi connectivity index (χ0v) is 12.4. The van der Waals surface area contributed by atoms with Crippen LogP contribution in [0.2, 0.25) is 0 Å². The number of hydrogen-bond acceptors (Lipinski definition) is 3. The molecule has 0 aromatic rings. The number of likely N-dealkylation sites (tertiary alicyclic amines) is 1. The summed E-state index contributed by atoms with van der Waals surface area (Å²) in [6, 6.07) is 1.53. The van der Waals surface area contributed by atoms with E-state index in [9.17, 15) is 0 Å². The van der Waals surface area contributed by atoms with Gasteiger partial charge in [0.2, 0.25) is 0 Å². The molecular formula is C14H28N2S. The van der Waals surface area contributed by atoms with Crippen LogP contribution < -0.4 is 5.32 Å². The molecule has 0 bridgehead atoms. The molecule has 1 heterocycles. The molecule has 2 atom stereocenters. The van der Waals surface area contributed by atoms with E-state index in [1.807, 2.05) is 0 Å². The highest BCUT2D eigenvalue weighted by Gasteiger charge is 2.36. The molecular weight excluding hydrogens is 228 g/mol. The zero-order chi connectivity index (χ0) is 12.3. The molecule has 100 valence electrons. The molecule has 2 nitrogen and oxygen atoms in total. The molecule has 1 aliphatic carbocycles. The van der Waals surface area contributed by atoms with Gasteiger partial charge in [0.15, 0.2) is 0 Å². The fraction of sp³-hybridized carbons (Fsp3) is 1.00. The summed E-state index contributed by atoms with van der Waals surface area (Å²) >= 11 is 2.06. The van der Waals surface area contributed by atoms with Crippen molar-refractivity contribution < 1.29 is 0 Å². The monoisotopic (exact) mass is 256 g/mol. The molecule has 3 heteroatoms. The van der Waals surface area contributed by atoms with Crippen molar-refractivity contribution in [3.63, 3.8) is 0 Å². The lowest BCUT2D eigenvalue weighted by Gasteiger charge is -2.47. The second-order valence-electron chi connectivity index (χ2n) is 5.94. The third-order valence-corrected chi connectivity index (χ3v) is 5.58. The van der Waals surface area contributed by atoms with Gasteiger partial charge in [-0.1, -0.05) is 13.8 Å². The van der Waals surface area contributed by atoms with E-state index in [0.717, 1.165) is 17.2 Å². The average Bonchev–Trinajstić information content (AvgIpc) is 2.28. The van der Waals surface area contributed by atoms with Gasteiger partial charge in [-0.3, -0.25) is 4.90 Å². The van der Waals surface area contributed by atoms with E-state index in [-0.39, 0.29) is 0 Å². The summed E-state index contributed by atoms with van der Waals surface area (Å²) in [4.78, 5) is 2.77. The molecule has 1 saturated heterocycles. The molecule has 2 unspecified atom stereocenters. The van der Waals surface area contributed by atoms with Gasteiger partial charge in [-0.2, -0.15) is 11.8 Å². The van der Waals surface area contributed by atoms with Gasteiger partial charge in [-0.25, -0.2) is 0 Å². The standard InChI is InChI=1S/C14H28N2S/c1-11(2)15-10-12-4-5-14(12)16-8-6-13(17-3)7-9-16/h11-15H,4-10H2,1-3H3. The van der Waals surface area contributed by atoms with Crippen LogP contribution >= 0.6 is 11.8 Å². The van der Waals surface area contributed by atoms with Crippen LogP contribution in [-0.2, 0) is 0 Å². The lowest BCUT2D eigenvalue weighted by Crippen LogP contribution is -2.53. The summed E-state index contributed by atoms with van der Waals surface area (Å²) in [7, 11) is 0. The molecule has 2 aliphatic rings. The minimum Gasteiger partial charge on any atom is -0.314 e. The minimum absolute atomic E-state index is 0.637. The predicted molar refractivity (Wildman–Crippen MR) is 77.8 cm³/mol. The highest BCUT2D eigenvalue weighted by Crippen LogP contribution is 2.34. The first-order valence-electron chi connectivity index (χ1n) is 7.21. The minimum atomic E-state index is 0.637. The second-order valence-corrected chi connectivity index (χ2v) is 7.08. The Kier molecular flexibility index (Phi) is 5.19. The highest BCUT2D eigenvalue weighted by molar-refractivity contribution is 7.99. The number of rotatable bonds is 5. The molecule has 1 N–H and O–H groups in total. The van der Waals surface area contributed by atoms with Crippen molar-refractivity contribution in [2.45, 2.75) is 56.9 Å². The Balaban J connectivity index is 1.72. The SMILES string of the molecule is CSC1CCN(C2CCC2CNC(C)C)CC1. The fourth-order valence-electron chi connectivity index (χ4n) is 3.10. The molecule has 17 heavy (non-hydrogen) atoms. The van der Waals surface area contributed by atoms with E-state index in [1.165, 1.54) is 45.3 Å². The summed E-state index contributed by atoms with van der Waals surface area (Å²) in [5.41, 5.74) is 0. The van der Waals surface area contributed by atoms with Crippen molar-refractivity contribution in [3.8, 4) is 0 Å². The summed E-state index contributed by atoms with van der Waals surface area (Å²) in [5.74, 6) is 0.920. The van der Waals surface area contributed by atoms with Crippen LogP contribution in [0.15, 0.2) is 0 Å². The Morgan fingerprint density at radius 2 is 1.88 bits per heavy atom. The van der Waals surface area contributed by atoms with Crippen molar-refractivity contribution >= 4 is 11.8 Å². The quantitative estimate of drug-likeness (QED) is 0.814. The summed E-state index contributed by atoms with van der Waals surface area (Å²) < 4.78 is 0. The first-order valence-corrected chi connectivity index (χ1v) is 8.49. The van der Waals surface area contributed by atoms with Gasteiger partial charge in [-0.05, 0) is 57.5 Å². The van der Waals surface area contributed by atoms with E-state index in [0.29, 0.717) is 6.04 Å². The van der Waals surface area contributed by atoms with Crippen LogP contribution in [0.4, 0.5) is 0 Å². The summed E-state index contributed by atoms with van der Waals surface area (Å²) in [6.07, 6.45) is 7.95. The first-order chi connectivity index (χ1) is 8.20. The number of thioether (sulfide) groups is 1. The Labute approximate surface area is 111 Å². The Morgan fingerprint density at radius 3 is 2.35 bits per heavy atom. The van der Waals surface area contributed by atoms with E-state index >= 15 is 0 Å². The maximum Gasteiger partial charge on any atom is 0.0136 e. The second kappa shape index (κ2) is 6.44. The van der Waals surface area contributed by atoms with Gasteiger partial charge in [0.25, 0.3) is 0 Å². The normalized spacial score (nSPS) is 31.8.